The van der Waals surface area contributed by atoms with Crippen LogP contribution in [0.4, 0.5) is 0 Å². The highest BCUT2D eigenvalue weighted by molar-refractivity contribution is 6.30. The molecule has 0 N–H and O–H groups in total. The zero-order chi connectivity index (χ0) is 11.5. The molecule has 0 bridgehead atoms. The van der Waals surface area contributed by atoms with Crippen LogP contribution in [-0.4, -0.2) is 5.78 Å². The van der Waals surface area contributed by atoms with Crippen molar-refractivity contribution < 1.29 is 9.90 Å². The van der Waals surface area contributed by atoms with Crippen molar-refractivity contribution in [1.29, 1.82) is 0 Å². The van der Waals surface area contributed by atoms with Crippen LogP contribution in [0, 0.1) is 0 Å². The lowest BCUT2D eigenvalue weighted by Gasteiger charge is -2.00. The maximum absolute atomic E-state index is 11.9. The van der Waals surface area contributed by atoms with Crippen molar-refractivity contribution in [3.8, 4) is 5.75 Å². The number of carbonyl (C=O) groups is 1. The molecule has 0 saturated carbocycles. The second kappa shape index (κ2) is 4.37. The zero-order valence-corrected chi connectivity index (χ0v) is 9.07. The fraction of sp³-hybridized carbons (Fsp3) is 0. The predicted molar refractivity (Wildman–Crippen MR) is 61.5 cm³/mol. The Labute approximate surface area is 98.1 Å². The predicted octanol–water partition coefficient (Wildman–Crippen LogP) is 3.71. The monoisotopic (exact) mass is 231 g/mol. The number of benzene rings is 2. The van der Waals surface area contributed by atoms with Crippen molar-refractivity contribution in [3.63, 3.8) is 0 Å². The van der Waals surface area contributed by atoms with Gasteiger partial charge >= 0.3 is 0 Å². The van der Waals surface area contributed by atoms with Crippen LogP contribution in [0.25, 0.3) is 0 Å². The van der Waals surface area contributed by atoms with Crippen LogP contribution >= 0.6 is 11.6 Å². The van der Waals surface area contributed by atoms with Crippen LogP contribution in [-0.2, 0) is 5.11 Å². The van der Waals surface area contributed by atoms with E-state index in [4.69, 9.17) is 11.6 Å². The normalized spacial score (nSPS) is 10.1. The summed E-state index contributed by atoms with van der Waals surface area (Å²) >= 11 is 5.73. The molecule has 3 heteroatoms. The Morgan fingerprint density at radius 1 is 0.812 bits per heavy atom. The molecule has 79 valence electrons. The van der Waals surface area contributed by atoms with Crippen molar-refractivity contribution in [2.24, 2.45) is 0 Å². The molecule has 0 amide bonds. The minimum absolute atomic E-state index is 0.104. The summed E-state index contributed by atoms with van der Waals surface area (Å²) in [4.78, 5) is 11.9. The van der Waals surface area contributed by atoms with E-state index in [0.717, 1.165) is 0 Å². The van der Waals surface area contributed by atoms with Gasteiger partial charge in [-0.25, -0.2) is 0 Å². The third kappa shape index (κ3) is 2.23. The third-order valence-electron chi connectivity index (χ3n) is 2.22. The van der Waals surface area contributed by atoms with E-state index in [9.17, 15) is 9.90 Å². The Hall–Kier alpha value is -1.80. The summed E-state index contributed by atoms with van der Waals surface area (Å²) in [5.74, 6) is -0.218. The summed E-state index contributed by atoms with van der Waals surface area (Å²) in [6.07, 6.45) is 0. The van der Waals surface area contributed by atoms with Gasteiger partial charge in [0.05, 0.1) is 0 Å². The first-order chi connectivity index (χ1) is 7.66. The van der Waals surface area contributed by atoms with Gasteiger partial charge in [0.1, 0.15) is 0 Å². The minimum atomic E-state index is -0.114. The van der Waals surface area contributed by atoms with Gasteiger partial charge in [-0.1, -0.05) is 11.6 Å². The number of carbonyl (C=O) groups excluding carboxylic acids is 1. The Balaban J connectivity index is 2.32. The van der Waals surface area contributed by atoms with Gasteiger partial charge in [0.2, 0.25) is 0 Å². The fourth-order valence-electron chi connectivity index (χ4n) is 1.37. The largest absolute Gasteiger partial charge is 0.290 e. The van der Waals surface area contributed by atoms with Crippen molar-refractivity contribution in [2.45, 2.75) is 0 Å². The molecule has 0 heterocycles. The van der Waals surface area contributed by atoms with Crippen molar-refractivity contribution in [1.82, 2.24) is 0 Å². The Morgan fingerprint density at radius 2 is 1.25 bits per heavy atom. The zero-order valence-electron chi connectivity index (χ0n) is 8.31. The number of rotatable bonds is 2. The highest BCUT2D eigenvalue weighted by Gasteiger charge is 2.08. The van der Waals surface area contributed by atoms with Gasteiger partial charge < -0.3 is 0 Å². The first-order valence-electron chi connectivity index (χ1n) is 4.74. The quantitative estimate of drug-likeness (QED) is 0.726. The molecular weight excluding hydrogens is 224 g/mol. The number of ketones is 1. The van der Waals surface area contributed by atoms with E-state index >= 15 is 0 Å². The van der Waals surface area contributed by atoms with Crippen LogP contribution in [0.5, 0.6) is 5.75 Å². The average Bonchev–Trinajstić information content (AvgIpc) is 2.30. The van der Waals surface area contributed by atoms with Gasteiger partial charge in [0.15, 0.2) is 11.5 Å². The summed E-state index contributed by atoms with van der Waals surface area (Å²) in [6.45, 7) is 0. The van der Waals surface area contributed by atoms with E-state index in [2.05, 4.69) is 0 Å². The molecule has 0 spiro atoms. The number of hydrogen-bond donors (Lipinski definition) is 0. The van der Waals surface area contributed by atoms with E-state index < -0.39 is 0 Å². The van der Waals surface area contributed by atoms with Crippen LogP contribution in [0.2, 0.25) is 5.02 Å². The van der Waals surface area contributed by atoms with Gasteiger partial charge in [-0.05, 0) is 48.5 Å². The number of halogens is 1. The van der Waals surface area contributed by atoms with Gasteiger partial charge in [0, 0.05) is 16.1 Å². The second-order valence-electron chi connectivity index (χ2n) is 3.36. The molecule has 0 atom stereocenters. The summed E-state index contributed by atoms with van der Waals surface area (Å²) in [6, 6.07) is 12.5. The van der Waals surface area contributed by atoms with Crippen molar-refractivity contribution in [2.75, 3.05) is 0 Å². The summed E-state index contributed by atoms with van der Waals surface area (Å²) in [7, 11) is 0. The molecular formula is C13H8ClO2. The molecule has 0 fully saturated rings. The van der Waals surface area contributed by atoms with Crippen LogP contribution < -0.4 is 0 Å². The van der Waals surface area contributed by atoms with Crippen LogP contribution in [0.15, 0.2) is 48.5 Å². The molecule has 0 aliphatic carbocycles. The van der Waals surface area contributed by atoms with Gasteiger partial charge in [-0.3, -0.25) is 9.90 Å². The minimum Gasteiger partial charge on any atom is -0.290 e. The lowest BCUT2D eigenvalue weighted by Crippen LogP contribution is -2.00. The second-order valence-corrected chi connectivity index (χ2v) is 3.80. The Morgan fingerprint density at radius 3 is 1.75 bits per heavy atom. The van der Waals surface area contributed by atoms with Gasteiger partial charge in [0.25, 0.3) is 0 Å². The summed E-state index contributed by atoms with van der Waals surface area (Å²) in [5.41, 5.74) is 1.06. The van der Waals surface area contributed by atoms with E-state index in [1.165, 1.54) is 24.3 Å². The first-order valence-corrected chi connectivity index (χ1v) is 5.12. The van der Waals surface area contributed by atoms with Crippen molar-refractivity contribution in [3.05, 3.63) is 64.7 Å². The molecule has 0 aliphatic rings. The van der Waals surface area contributed by atoms with Gasteiger partial charge in [-0.2, -0.15) is 0 Å². The first kappa shape index (κ1) is 10.7. The fourth-order valence-corrected chi connectivity index (χ4v) is 1.50. The van der Waals surface area contributed by atoms with Crippen LogP contribution in [0.1, 0.15) is 15.9 Å². The number of hydrogen-bond acceptors (Lipinski definition) is 1. The maximum Gasteiger partial charge on any atom is 0.193 e. The molecule has 0 unspecified atom stereocenters. The highest BCUT2D eigenvalue weighted by Crippen LogP contribution is 2.16. The smallest absolute Gasteiger partial charge is 0.193 e. The third-order valence-corrected chi connectivity index (χ3v) is 2.47. The molecule has 2 nitrogen and oxygen atoms in total. The standard InChI is InChI=1S/C13H8ClO2/c14-11-5-1-9(2-6-11)13(16)10-3-7-12(15)8-4-10/h1-8H. The van der Waals surface area contributed by atoms with E-state index in [1.807, 2.05) is 0 Å². The molecule has 0 aromatic heterocycles. The van der Waals surface area contributed by atoms with E-state index in [1.54, 1.807) is 24.3 Å². The molecule has 1 radical (unpaired) electrons. The molecule has 2 rings (SSSR count). The van der Waals surface area contributed by atoms with E-state index in [-0.39, 0.29) is 11.5 Å². The Kier molecular flexibility index (Phi) is 2.93. The van der Waals surface area contributed by atoms with Crippen LogP contribution in [0.3, 0.4) is 0 Å². The van der Waals surface area contributed by atoms with E-state index in [0.29, 0.717) is 16.1 Å². The summed E-state index contributed by atoms with van der Waals surface area (Å²) < 4.78 is 0. The highest BCUT2D eigenvalue weighted by atomic mass is 35.5. The molecule has 2 aromatic carbocycles. The molecule has 0 aliphatic heterocycles. The SMILES string of the molecule is [O]c1ccc(C(=O)c2ccc(Cl)cc2)cc1. The lowest BCUT2D eigenvalue weighted by atomic mass is 10.0. The average molecular weight is 232 g/mol. The van der Waals surface area contributed by atoms with Gasteiger partial charge in [-0.15, -0.1) is 0 Å². The summed E-state index contributed by atoms with van der Waals surface area (Å²) in [5, 5.41) is 11.5. The topological polar surface area (TPSA) is 37.0 Å². The maximum atomic E-state index is 11.9. The lowest BCUT2D eigenvalue weighted by molar-refractivity contribution is 0.103. The Bertz CT molecular complexity index is 453. The molecule has 16 heavy (non-hydrogen) atoms. The van der Waals surface area contributed by atoms with Crippen molar-refractivity contribution >= 4 is 17.4 Å². The molecule has 0 saturated heterocycles. The molecule has 2 aromatic rings.